The molecule has 1 saturated heterocycles. The fourth-order valence-electron chi connectivity index (χ4n) is 3.28. The van der Waals surface area contributed by atoms with E-state index >= 15 is 0 Å². The molecule has 4 rings (SSSR count). The zero-order chi connectivity index (χ0) is 18.8. The quantitative estimate of drug-likeness (QED) is 0.753. The first-order valence-electron chi connectivity index (χ1n) is 9.01. The maximum absolute atomic E-state index is 12.7. The van der Waals surface area contributed by atoms with Crippen LogP contribution >= 0.6 is 0 Å². The molecule has 4 heterocycles. The highest BCUT2D eigenvalue weighted by Crippen LogP contribution is 2.15. The van der Waals surface area contributed by atoms with E-state index in [1.807, 2.05) is 44.3 Å². The Kier molecular flexibility index (Phi) is 4.72. The Labute approximate surface area is 157 Å². The number of anilines is 1. The Balaban J connectivity index is 1.52. The molecular weight excluding hydrogens is 344 g/mol. The van der Waals surface area contributed by atoms with Gasteiger partial charge in [-0.15, -0.1) is 0 Å². The molecule has 8 heteroatoms. The smallest absolute Gasteiger partial charge is 0.270 e. The first kappa shape index (κ1) is 17.4. The molecule has 1 N–H and O–H groups in total. The molecule has 0 saturated carbocycles. The summed E-state index contributed by atoms with van der Waals surface area (Å²) < 4.78 is 7.19. The van der Waals surface area contributed by atoms with Gasteiger partial charge in [0.15, 0.2) is 0 Å². The van der Waals surface area contributed by atoms with Crippen molar-refractivity contribution < 1.29 is 9.53 Å². The van der Waals surface area contributed by atoms with Crippen molar-refractivity contribution in [1.82, 2.24) is 24.7 Å². The summed E-state index contributed by atoms with van der Waals surface area (Å²) in [4.78, 5) is 28.4. The number of carbonyl (C=O) groups excluding carboxylic acids is 1. The van der Waals surface area contributed by atoms with Gasteiger partial charge in [-0.3, -0.25) is 9.20 Å². The highest BCUT2D eigenvalue weighted by atomic mass is 16.5. The predicted octanol–water partition coefficient (Wildman–Crippen LogP) is 1.51. The third kappa shape index (κ3) is 3.61. The average molecular weight is 366 g/mol. The summed E-state index contributed by atoms with van der Waals surface area (Å²) in [5.74, 6) is 1.28. The van der Waals surface area contributed by atoms with Gasteiger partial charge >= 0.3 is 0 Å². The van der Waals surface area contributed by atoms with E-state index in [9.17, 15) is 4.79 Å². The van der Waals surface area contributed by atoms with Crippen LogP contribution in [0.3, 0.4) is 0 Å². The minimum absolute atomic E-state index is 0.191. The van der Waals surface area contributed by atoms with E-state index in [2.05, 4.69) is 25.2 Å². The van der Waals surface area contributed by atoms with Gasteiger partial charge in [-0.2, -0.15) is 0 Å². The number of imidazole rings is 1. The van der Waals surface area contributed by atoms with E-state index < -0.39 is 0 Å². The fourth-order valence-corrected chi connectivity index (χ4v) is 3.28. The fraction of sp³-hybridized carbons (Fsp3) is 0.368. The number of hydrogen-bond donors (Lipinski definition) is 1. The highest BCUT2D eigenvalue weighted by molar-refractivity contribution is 5.94. The number of morpholine rings is 1. The van der Waals surface area contributed by atoms with Crippen LogP contribution in [0.25, 0.3) is 5.65 Å². The van der Waals surface area contributed by atoms with Gasteiger partial charge in [0.1, 0.15) is 23.0 Å². The molecule has 3 aromatic rings. The number of aromatic nitrogens is 4. The lowest BCUT2D eigenvalue weighted by molar-refractivity contribution is 0.0943. The van der Waals surface area contributed by atoms with Crippen molar-refractivity contribution in [2.24, 2.45) is 0 Å². The minimum Gasteiger partial charge on any atom is -0.378 e. The van der Waals surface area contributed by atoms with E-state index in [-0.39, 0.29) is 12.5 Å². The van der Waals surface area contributed by atoms with E-state index in [0.717, 1.165) is 30.2 Å². The maximum Gasteiger partial charge on any atom is 0.270 e. The SMILES string of the molecule is Cc1cc(N2CCOCC2)nc(CNC(=O)c2c(C)nc3ccccn23)n1. The Morgan fingerprint density at radius 1 is 1.19 bits per heavy atom. The molecule has 1 amide bonds. The van der Waals surface area contributed by atoms with Crippen LogP contribution in [0.1, 0.15) is 27.7 Å². The first-order valence-corrected chi connectivity index (χ1v) is 9.01. The molecule has 1 fully saturated rings. The van der Waals surface area contributed by atoms with E-state index in [0.29, 0.717) is 30.4 Å². The molecule has 1 aliphatic heterocycles. The Bertz CT molecular complexity index is 977. The molecule has 0 spiro atoms. The molecule has 0 atom stereocenters. The summed E-state index contributed by atoms with van der Waals surface area (Å²) in [5.41, 5.74) is 2.85. The zero-order valence-electron chi connectivity index (χ0n) is 15.5. The van der Waals surface area contributed by atoms with Crippen LogP contribution in [0.5, 0.6) is 0 Å². The lowest BCUT2D eigenvalue weighted by Gasteiger charge is -2.28. The van der Waals surface area contributed by atoms with Crippen molar-refractivity contribution in [1.29, 1.82) is 0 Å². The molecule has 0 unspecified atom stereocenters. The third-order valence-corrected chi connectivity index (χ3v) is 4.55. The van der Waals surface area contributed by atoms with Crippen molar-refractivity contribution in [3.8, 4) is 0 Å². The summed E-state index contributed by atoms with van der Waals surface area (Å²) in [6.07, 6.45) is 1.84. The second-order valence-corrected chi connectivity index (χ2v) is 6.54. The van der Waals surface area contributed by atoms with Crippen LogP contribution < -0.4 is 10.2 Å². The van der Waals surface area contributed by atoms with Crippen LogP contribution in [0.15, 0.2) is 30.5 Å². The molecule has 0 bridgehead atoms. The van der Waals surface area contributed by atoms with Crippen LogP contribution in [0.2, 0.25) is 0 Å². The first-order chi connectivity index (χ1) is 13.1. The Morgan fingerprint density at radius 3 is 2.81 bits per heavy atom. The van der Waals surface area contributed by atoms with E-state index in [1.54, 1.807) is 4.40 Å². The summed E-state index contributed by atoms with van der Waals surface area (Å²) in [6.45, 7) is 7.04. The topological polar surface area (TPSA) is 84.6 Å². The van der Waals surface area contributed by atoms with Gasteiger partial charge in [-0.05, 0) is 26.0 Å². The largest absolute Gasteiger partial charge is 0.378 e. The Hall–Kier alpha value is -3.00. The zero-order valence-corrected chi connectivity index (χ0v) is 15.5. The number of ether oxygens (including phenoxy) is 1. The van der Waals surface area contributed by atoms with E-state index in [4.69, 9.17) is 4.74 Å². The second kappa shape index (κ2) is 7.32. The van der Waals surface area contributed by atoms with Gasteiger partial charge in [-0.25, -0.2) is 15.0 Å². The van der Waals surface area contributed by atoms with Gasteiger partial charge in [-0.1, -0.05) is 6.07 Å². The normalized spacial score (nSPS) is 14.5. The van der Waals surface area contributed by atoms with Gasteiger partial charge in [0, 0.05) is 31.0 Å². The molecule has 0 aromatic carbocycles. The number of fused-ring (bicyclic) bond motifs is 1. The second-order valence-electron chi connectivity index (χ2n) is 6.54. The van der Waals surface area contributed by atoms with Gasteiger partial charge < -0.3 is 15.0 Å². The average Bonchev–Trinajstić information content (AvgIpc) is 3.02. The summed E-state index contributed by atoms with van der Waals surface area (Å²) >= 11 is 0. The summed E-state index contributed by atoms with van der Waals surface area (Å²) in [7, 11) is 0. The summed E-state index contributed by atoms with van der Waals surface area (Å²) in [5, 5.41) is 2.92. The number of nitrogens with one attached hydrogen (secondary N) is 1. The van der Waals surface area contributed by atoms with Crippen LogP contribution in [-0.2, 0) is 11.3 Å². The lowest BCUT2D eigenvalue weighted by Crippen LogP contribution is -2.37. The number of nitrogens with zero attached hydrogens (tertiary/aromatic N) is 5. The third-order valence-electron chi connectivity index (χ3n) is 4.55. The number of hydrogen-bond acceptors (Lipinski definition) is 6. The van der Waals surface area contributed by atoms with Crippen LogP contribution in [-0.4, -0.2) is 51.6 Å². The number of pyridine rings is 1. The molecule has 0 aliphatic carbocycles. The van der Waals surface area contributed by atoms with Crippen LogP contribution in [0.4, 0.5) is 5.82 Å². The molecule has 8 nitrogen and oxygen atoms in total. The van der Waals surface area contributed by atoms with E-state index in [1.165, 1.54) is 0 Å². The highest BCUT2D eigenvalue weighted by Gasteiger charge is 2.18. The number of aryl methyl sites for hydroxylation is 2. The molecule has 3 aromatic heterocycles. The monoisotopic (exact) mass is 366 g/mol. The number of carbonyl (C=O) groups is 1. The Morgan fingerprint density at radius 2 is 2.00 bits per heavy atom. The van der Waals surface area contributed by atoms with Gasteiger partial charge in [0.25, 0.3) is 5.91 Å². The number of amides is 1. The minimum atomic E-state index is -0.191. The lowest BCUT2D eigenvalue weighted by atomic mass is 10.3. The van der Waals surface area contributed by atoms with Gasteiger partial charge in [0.2, 0.25) is 0 Å². The van der Waals surface area contributed by atoms with Gasteiger partial charge in [0.05, 0.1) is 25.5 Å². The molecule has 0 radical (unpaired) electrons. The number of rotatable bonds is 4. The van der Waals surface area contributed by atoms with Crippen molar-refractivity contribution in [3.63, 3.8) is 0 Å². The molecule has 1 aliphatic rings. The van der Waals surface area contributed by atoms with Crippen molar-refractivity contribution in [2.75, 3.05) is 31.2 Å². The predicted molar refractivity (Wildman–Crippen MR) is 101 cm³/mol. The van der Waals surface area contributed by atoms with Crippen molar-refractivity contribution in [3.05, 3.63) is 53.4 Å². The maximum atomic E-state index is 12.7. The molecular formula is C19H22N6O2. The van der Waals surface area contributed by atoms with Crippen molar-refractivity contribution >= 4 is 17.4 Å². The summed E-state index contributed by atoms with van der Waals surface area (Å²) in [6, 6.07) is 7.62. The van der Waals surface area contributed by atoms with Crippen LogP contribution in [0, 0.1) is 13.8 Å². The molecule has 140 valence electrons. The standard InChI is InChI=1S/C19H22N6O2/c1-13-11-17(24-7-9-27-10-8-24)23-15(21-13)12-20-19(26)18-14(2)22-16-5-3-4-6-25(16)18/h3-6,11H,7-10,12H2,1-2H3,(H,20,26). The molecule has 27 heavy (non-hydrogen) atoms. The van der Waals surface area contributed by atoms with Crippen molar-refractivity contribution in [2.45, 2.75) is 20.4 Å².